The third-order valence-electron chi connectivity index (χ3n) is 4.16. The Morgan fingerprint density at radius 3 is 2.58 bits per heavy atom. The van der Waals surface area contributed by atoms with E-state index in [-0.39, 0.29) is 10.5 Å². The van der Waals surface area contributed by atoms with Crippen LogP contribution in [0, 0.1) is 5.82 Å². The molecule has 2 aromatic rings. The fraction of sp³-hybridized carbons (Fsp3) is 0.250. The Labute approximate surface area is 150 Å². The lowest BCUT2D eigenvalue weighted by atomic mass is 9.84. The summed E-state index contributed by atoms with van der Waals surface area (Å²) in [5.41, 5.74) is 1.92. The predicted octanol–water partition coefficient (Wildman–Crippen LogP) is 3.36. The molecule has 128 valence electrons. The Bertz CT molecular complexity index is 919. The third-order valence-corrected chi connectivity index (χ3v) is 5.63. The number of rotatable bonds is 2. The minimum absolute atomic E-state index is 0.123. The van der Waals surface area contributed by atoms with E-state index in [0.717, 1.165) is 23.3 Å². The van der Waals surface area contributed by atoms with Crippen LogP contribution in [0.15, 0.2) is 35.2 Å². The number of hydrogen-bond acceptors (Lipinski definition) is 3. The van der Waals surface area contributed by atoms with Crippen molar-refractivity contribution in [3.63, 3.8) is 0 Å². The average Bonchev–Trinajstić information content (AvgIpc) is 2.47. The summed E-state index contributed by atoms with van der Waals surface area (Å²) in [5, 5.41) is 6.14. The van der Waals surface area contributed by atoms with Gasteiger partial charge in [0.2, 0.25) is 10.0 Å². The van der Waals surface area contributed by atoms with Gasteiger partial charge in [0.1, 0.15) is 5.82 Å². The number of likely N-dealkylation sites (N-methyl/N-ethyl adjacent to an activating group) is 1. The highest BCUT2D eigenvalue weighted by Crippen LogP contribution is 2.39. The molecular formula is C16H15Cl2FN2O2S. The van der Waals surface area contributed by atoms with Crippen molar-refractivity contribution in [3.8, 4) is 0 Å². The van der Waals surface area contributed by atoms with Crippen molar-refractivity contribution >= 4 is 33.2 Å². The first-order valence-electron chi connectivity index (χ1n) is 7.15. The topological polar surface area (TPSA) is 63.4 Å². The van der Waals surface area contributed by atoms with Gasteiger partial charge in [0.15, 0.2) is 0 Å². The maximum Gasteiger partial charge on any atom is 0.238 e. The second-order valence-electron chi connectivity index (χ2n) is 5.93. The normalized spacial score (nSPS) is 18.5. The van der Waals surface area contributed by atoms with E-state index >= 15 is 0 Å². The maximum absolute atomic E-state index is 14.4. The zero-order chi connectivity index (χ0) is 17.6. The lowest BCUT2D eigenvalue weighted by Gasteiger charge is -2.33. The number of nitrogens with zero attached hydrogens (tertiary/aromatic N) is 1. The minimum Gasteiger partial charge on any atom is -0.301 e. The van der Waals surface area contributed by atoms with Crippen molar-refractivity contribution in [2.45, 2.75) is 17.4 Å². The van der Waals surface area contributed by atoms with Crippen LogP contribution < -0.4 is 5.14 Å². The highest BCUT2D eigenvalue weighted by Gasteiger charge is 2.29. The molecular weight excluding hydrogens is 374 g/mol. The molecule has 0 aromatic heterocycles. The lowest BCUT2D eigenvalue weighted by molar-refractivity contribution is 0.293. The van der Waals surface area contributed by atoms with Gasteiger partial charge in [0, 0.05) is 29.1 Å². The van der Waals surface area contributed by atoms with Crippen LogP contribution >= 0.6 is 23.2 Å². The van der Waals surface area contributed by atoms with E-state index in [1.807, 2.05) is 11.9 Å². The summed E-state index contributed by atoms with van der Waals surface area (Å²) in [6.45, 7) is 1.12. The van der Waals surface area contributed by atoms with E-state index in [1.165, 1.54) is 6.07 Å². The molecule has 0 saturated carbocycles. The van der Waals surface area contributed by atoms with Crippen LogP contribution in [-0.4, -0.2) is 26.9 Å². The van der Waals surface area contributed by atoms with Gasteiger partial charge in [-0.15, -0.1) is 0 Å². The summed E-state index contributed by atoms with van der Waals surface area (Å²) in [5.74, 6) is -0.888. The molecule has 0 spiro atoms. The minimum atomic E-state index is -3.92. The van der Waals surface area contributed by atoms with Gasteiger partial charge in [0.25, 0.3) is 0 Å². The molecule has 1 aliphatic rings. The van der Waals surface area contributed by atoms with Crippen LogP contribution in [-0.2, 0) is 16.6 Å². The number of halogens is 3. The van der Waals surface area contributed by atoms with E-state index in [9.17, 15) is 12.8 Å². The molecule has 1 unspecified atom stereocenters. The highest BCUT2D eigenvalue weighted by atomic mass is 35.5. The fourth-order valence-electron chi connectivity index (χ4n) is 3.08. The Morgan fingerprint density at radius 2 is 1.92 bits per heavy atom. The zero-order valence-electron chi connectivity index (χ0n) is 12.8. The standard InChI is InChI=1S/C16H15Cl2FN2O2S/c1-21-7-13(11-4-9(17)5-15(18)14(11)8-21)12-6-10(24(20,22)23)2-3-16(12)19/h2-6,13H,7-8H2,1H3,(H2,20,22,23). The second-order valence-corrected chi connectivity index (χ2v) is 8.34. The first-order chi connectivity index (χ1) is 11.2. The fourth-order valence-corrected chi connectivity index (χ4v) is 4.20. The van der Waals surface area contributed by atoms with Crippen LogP contribution in [0.4, 0.5) is 4.39 Å². The summed E-state index contributed by atoms with van der Waals surface area (Å²) in [6.07, 6.45) is 0. The zero-order valence-corrected chi connectivity index (χ0v) is 15.1. The third kappa shape index (κ3) is 3.30. The molecule has 0 bridgehead atoms. The number of fused-ring (bicyclic) bond motifs is 1. The van der Waals surface area contributed by atoms with Gasteiger partial charge in [0.05, 0.1) is 4.90 Å². The molecule has 8 heteroatoms. The van der Waals surface area contributed by atoms with Crippen molar-refractivity contribution in [1.82, 2.24) is 4.90 Å². The molecule has 0 amide bonds. The molecule has 2 aromatic carbocycles. The van der Waals surface area contributed by atoms with Gasteiger partial charge < -0.3 is 4.90 Å². The number of benzene rings is 2. The van der Waals surface area contributed by atoms with Gasteiger partial charge in [-0.2, -0.15) is 0 Å². The number of sulfonamides is 1. The van der Waals surface area contributed by atoms with Gasteiger partial charge in [-0.1, -0.05) is 23.2 Å². The molecule has 0 saturated heterocycles. The smallest absolute Gasteiger partial charge is 0.238 e. The number of hydrogen-bond donors (Lipinski definition) is 1. The van der Waals surface area contributed by atoms with Gasteiger partial charge in [-0.25, -0.2) is 17.9 Å². The lowest BCUT2D eigenvalue weighted by Crippen LogP contribution is -2.31. The molecule has 2 N–H and O–H groups in total. The molecule has 0 radical (unpaired) electrons. The second kappa shape index (κ2) is 6.28. The summed E-state index contributed by atoms with van der Waals surface area (Å²) in [7, 11) is -2.03. The van der Waals surface area contributed by atoms with Crippen LogP contribution in [0.3, 0.4) is 0 Å². The van der Waals surface area contributed by atoms with E-state index in [4.69, 9.17) is 28.3 Å². The first kappa shape index (κ1) is 17.6. The summed E-state index contributed by atoms with van der Waals surface area (Å²) < 4.78 is 37.6. The number of nitrogens with two attached hydrogens (primary N) is 1. The molecule has 3 rings (SSSR count). The van der Waals surface area contributed by atoms with Crippen LogP contribution in [0.5, 0.6) is 0 Å². The van der Waals surface area contributed by atoms with Gasteiger partial charge >= 0.3 is 0 Å². The van der Waals surface area contributed by atoms with Crippen molar-refractivity contribution < 1.29 is 12.8 Å². The monoisotopic (exact) mass is 388 g/mol. The van der Waals surface area contributed by atoms with Crippen molar-refractivity contribution in [3.05, 3.63) is 62.9 Å². The van der Waals surface area contributed by atoms with Gasteiger partial charge in [-0.05, 0) is 54.1 Å². The van der Waals surface area contributed by atoms with Crippen molar-refractivity contribution in [2.75, 3.05) is 13.6 Å². The molecule has 1 heterocycles. The van der Waals surface area contributed by atoms with Crippen LogP contribution in [0.25, 0.3) is 0 Å². The molecule has 0 fully saturated rings. The largest absolute Gasteiger partial charge is 0.301 e. The average molecular weight is 389 g/mol. The molecule has 4 nitrogen and oxygen atoms in total. The van der Waals surface area contributed by atoms with E-state index in [1.54, 1.807) is 12.1 Å². The molecule has 1 atom stereocenters. The Morgan fingerprint density at radius 1 is 1.21 bits per heavy atom. The Balaban J connectivity index is 2.21. The van der Waals surface area contributed by atoms with E-state index < -0.39 is 21.8 Å². The van der Waals surface area contributed by atoms with Crippen LogP contribution in [0.2, 0.25) is 10.0 Å². The highest BCUT2D eigenvalue weighted by molar-refractivity contribution is 7.89. The first-order valence-corrected chi connectivity index (χ1v) is 9.45. The molecule has 1 aliphatic heterocycles. The molecule has 0 aliphatic carbocycles. The quantitative estimate of drug-likeness (QED) is 0.857. The van der Waals surface area contributed by atoms with Crippen molar-refractivity contribution in [2.24, 2.45) is 5.14 Å². The van der Waals surface area contributed by atoms with Crippen molar-refractivity contribution in [1.29, 1.82) is 0 Å². The number of primary sulfonamides is 1. The SMILES string of the molecule is CN1Cc2c(Cl)cc(Cl)cc2C(c2cc(S(N)(=O)=O)ccc2F)C1. The van der Waals surface area contributed by atoms with Gasteiger partial charge in [-0.3, -0.25) is 0 Å². The van der Waals surface area contributed by atoms with E-state index in [0.29, 0.717) is 23.1 Å². The summed E-state index contributed by atoms with van der Waals surface area (Å²) >= 11 is 12.4. The predicted molar refractivity (Wildman–Crippen MR) is 92.4 cm³/mol. The summed E-state index contributed by atoms with van der Waals surface area (Å²) in [4.78, 5) is 1.87. The van der Waals surface area contributed by atoms with E-state index in [2.05, 4.69) is 0 Å². The van der Waals surface area contributed by atoms with Crippen LogP contribution in [0.1, 0.15) is 22.6 Å². The Hall–Kier alpha value is -1.18. The summed E-state index contributed by atoms with van der Waals surface area (Å²) in [6, 6.07) is 6.97. The maximum atomic E-state index is 14.4. The molecule has 24 heavy (non-hydrogen) atoms. The Kier molecular flexibility index (Phi) is 4.61.